The smallest absolute Gasteiger partial charge is 0.336 e. The Balaban J connectivity index is 1.74. The lowest BCUT2D eigenvalue weighted by molar-refractivity contribution is -0.130. The number of carboxylic acid groups (broad SMARTS) is 1. The van der Waals surface area contributed by atoms with Crippen molar-refractivity contribution in [3.63, 3.8) is 0 Å². The minimum Gasteiger partial charge on any atom is -0.478 e. The zero-order valence-electron chi connectivity index (χ0n) is 16.4. The van der Waals surface area contributed by atoms with E-state index in [4.69, 9.17) is 0 Å². The lowest BCUT2D eigenvalue weighted by Crippen LogP contribution is -2.51. The van der Waals surface area contributed by atoms with Gasteiger partial charge in [0.15, 0.2) is 0 Å². The predicted molar refractivity (Wildman–Crippen MR) is 112 cm³/mol. The highest BCUT2D eigenvalue weighted by Gasteiger charge is 2.40. The van der Waals surface area contributed by atoms with Crippen LogP contribution in [0.25, 0.3) is 5.57 Å². The fraction of sp³-hybridized carbons (Fsp3) is 0.160. The molecule has 0 radical (unpaired) electrons. The first-order valence-corrected chi connectivity index (χ1v) is 9.74. The molecule has 1 fully saturated rings. The van der Waals surface area contributed by atoms with Gasteiger partial charge < -0.3 is 5.11 Å². The Bertz CT molecular complexity index is 1040. The van der Waals surface area contributed by atoms with Crippen molar-refractivity contribution in [1.29, 1.82) is 0 Å². The molecule has 0 bridgehead atoms. The van der Waals surface area contributed by atoms with Gasteiger partial charge in [0.25, 0.3) is 0 Å². The van der Waals surface area contributed by atoms with Crippen LogP contribution in [-0.2, 0) is 4.79 Å². The number of benzene rings is 3. The summed E-state index contributed by atoms with van der Waals surface area (Å²) in [5.74, 6) is -2.77. The number of hydrogen-bond acceptors (Lipinski definition) is 2. The van der Waals surface area contributed by atoms with Crippen LogP contribution in [0.15, 0.2) is 84.4 Å². The summed E-state index contributed by atoms with van der Waals surface area (Å²) in [6, 6.07) is 22.6. The Morgan fingerprint density at radius 3 is 1.87 bits per heavy atom. The number of likely N-dealkylation sites (tertiary alicyclic amines) is 1. The van der Waals surface area contributed by atoms with Crippen molar-refractivity contribution in [2.24, 2.45) is 0 Å². The lowest BCUT2D eigenvalue weighted by atomic mass is 9.84. The first-order valence-electron chi connectivity index (χ1n) is 9.74. The van der Waals surface area contributed by atoms with Crippen molar-refractivity contribution in [2.75, 3.05) is 6.54 Å². The van der Waals surface area contributed by atoms with Crippen LogP contribution in [0.2, 0.25) is 0 Å². The van der Waals surface area contributed by atoms with Gasteiger partial charge in [-0.25, -0.2) is 13.6 Å². The third-order valence-electron chi connectivity index (χ3n) is 5.60. The van der Waals surface area contributed by atoms with Crippen LogP contribution in [-0.4, -0.2) is 28.6 Å². The maximum atomic E-state index is 13.7. The van der Waals surface area contributed by atoms with Crippen molar-refractivity contribution in [3.8, 4) is 0 Å². The van der Waals surface area contributed by atoms with Crippen molar-refractivity contribution in [3.05, 3.63) is 113 Å². The number of hydrogen-bond donors (Lipinski definition) is 1. The van der Waals surface area contributed by atoms with Gasteiger partial charge >= 0.3 is 5.97 Å². The average Bonchev–Trinajstić information content (AvgIpc) is 2.73. The van der Waals surface area contributed by atoms with Gasteiger partial charge in [-0.3, -0.25) is 4.90 Å². The van der Waals surface area contributed by atoms with Crippen LogP contribution in [0.3, 0.4) is 0 Å². The second-order valence-electron chi connectivity index (χ2n) is 7.44. The molecule has 0 saturated carbocycles. The number of nitrogens with zero attached hydrogens (tertiary/aromatic N) is 1. The molecule has 3 aromatic rings. The molecular formula is C25H21F2NO2. The van der Waals surface area contributed by atoms with Crippen LogP contribution < -0.4 is 0 Å². The highest BCUT2D eigenvalue weighted by atomic mass is 19.1. The summed E-state index contributed by atoms with van der Waals surface area (Å²) in [7, 11) is 0. The summed E-state index contributed by atoms with van der Waals surface area (Å²) >= 11 is 0. The Kier molecular flexibility index (Phi) is 5.46. The van der Waals surface area contributed by atoms with Crippen molar-refractivity contribution < 1.29 is 18.7 Å². The van der Waals surface area contributed by atoms with Crippen LogP contribution in [0.5, 0.6) is 0 Å². The van der Waals surface area contributed by atoms with E-state index in [0.717, 1.165) is 29.3 Å². The third-order valence-corrected chi connectivity index (χ3v) is 5.60. The van der Waals surface area contributed by atoms with E-state index in [9.17, 15) is 18.7 Å². The van der Waals surface area contributed by atoms with E-state index >= 15 is 0 Å². The quantitative estimate of drug-likeness (QED) is 0.586. The molecule has 3 aromatic carbocycles. The molecule has 0 amide bonds. The van der Waals surface area contributed by atoms with Gasteiger partial charge in [0.05, 0.1) is 11.6 Å². The van der Waals surface area contributed by atoms with Crippen molar-refractivity contribution >= 4 is 11.5 Å². The topological polar surface area (TPSA) is 40.5 Å². The molecule has 1 atom stereocenters. The van der Waals surface area contributed by atoms with E-state index in [0.29, 0.717) is 12.1 Å². The zero-order chi connectivity index (χ0) is 21.3. The van der Waals surface area contributed by atoms with E-state index < -0.39 is 17.6 Å². The summed E-state index contributed by atoms with van der Waals surface area (Å²) in [5, 5.41) is 9.80. The Hall–Kier alpha value is -3.31. The molecule has 30 heavy (non-hydrogen) atoms. The molecule has 4 rings (SSSR count). The van der Waals surface area contributed by atoms with E-state index in [2.05, 4.69) is 4.90 Å². The maximum Gasteiger partial charge on any atom is 0.336 e. The monoisotopic (exact) mass is 405 g/mol. The minimum absolute atomic E-state index is 0.0305. The molecule has 1 aliphatic heterocycles. The molecule has 1 N–H and O–H groups in total. The first-order chi connectivity index (χ1) is 14.5. The number of rotatable bonds is 5. The normalized spacial score (nSPS) is 18.2. The second-order valence-corrected chi connectivity index (χ2v) is 7.44. The molecule has 0 aliphatic carbocycles. The molecular weight excluding hydrogens is 384 g/mol. The fourth-order valence-corrected chi connectivity index (χ4v) is 4.15. The second kappa shape index (κ2) is 8.20. The first kappa shape index (κ1) is 20.0. The average molecular weight is 405 g/mol. The molecule has 0 aromatic heterocycles. The van der Waals surface area contributed by atoms with Gasteiger partial charge in [0, 0.05) is 18.7 Å². The van der Waals surface area contributed by atoms with Crippen molar-refractivity contribution in [2.45, 2.75) is 19.0 Å². The summed E-state index contributed by atoms with van der Waals surface area (Å²) in [6.45, 7) is 2.33. The van der Waals surface area contributed by atoms with Gasteiger partial charge in [-0.05, 0) is 41.3 Å². The minimum atomic E-state index is -1.18. The SMILES string of the molecule is CC1C(=C(C(=O)O)c2cc(F)cc(F)c2)CN1C(c1ccccc1)c1ccccc1. The van der Waals surface area contributed by atoms with Gasteiger partial charge in [-0.15, -0.1) is 0 Å². The van der Waals surface area contributed by atoms with Gasteiger partial charge in [-0.1, -0.05) is 60.7 Å². The summed E-state index contributed by atoms with van der Waals surface area (Å²) in [4.78, 5) is 14.2. The van der Waals surface area contributed by atoms with Gasteiger partial charge in [-0.2, -0.15) is 0 Å². The number of carboxylic acids is 1. The Morgan fingerprint density at radius 1 is 0.933 bits per heavy atom. The Labute approximate surface area is 173 Å². The van der Waals surface area contributed by atoms with Crippen molar-refractivity contribution in [1.82, 2.24) is 4.90 Å². The summed E-state index contributed by atoms with van der Waals surface area (Å²) in [5.41, 5.74) is 2.88. The third kappa shape index (κ3) is 3.76. The molecule has 152 valence electrons. The predicted octanol–water partition coefficient (Wildman–Crippen LogP) is 5.30. The molecule has 3 nitrogen and oxygen atoms in total. The number of halogens is 2. The summed E-state index contributed by atoms with van der Waals surface area (Å²) < 4.78 is 27.4. The van der Waals surface area contributed by atoms with E-state index in [1.54, 1.807) is 0 Å². The molecule has 0 spiro atoms. The molecule has 1 saturated heterocycles. The highest BCUT2D eigenvalue weighted by Crippen LogP contribution is 2.41. The fourth-order valence-electron chi connectivity index (χ4n) is 4.15. The highest BCUT2D eigenvalue weighted by molar-refractivity contribution is 6.17. The molecule has 1 heterocycles. The van der Waals surface area contributed by atoms with E-state index in [1.807, 2.05) is 67.6 Å². The largest absolute Gasteiger partial charge is 0.478 e. The molecule has 1 unspecified atom stereocenters. The van der Waals surface area contributed by atoms with E-state index in [-0.39, 0.29) is 23.2 Å². The standard InChI is InChI=1S/C25H21F2NO2/c1-16-22(23(25(29)30)19-12-20(26)14-21(27)13-19)15-28(16)24(17-8-4-2-5-9-17)18-10-6-3-7-11-18/h2-14,16,24H,15H2,1H3,(H,29,30). The number of aliphatic carboxylic acids is 1. The van der Waals surface area contributed by atoms with Crippen LogP contribution in [0, 0.1) is 11.6 Å². The number of carbonyl (C=O) groups is 1. The van der Waals surface area contributed by atoms with Gasteiger partial charge in [0.2, 0.25) is 0 Å². The lowest BCUT2D eigenvalue weighted by Gasteiger charge is -2.47. The van der Waals surface area contributed by atoms with E-state index in [1.165, 1.54) is 0 Å². The van der Waals surface area contributed by atoms with Gasteiger partial charge in [0.1, 0.15) is 11.6 Å². The van der Waals surface area contributed by atoms with Crippen LogP contribution >= 0.6 is 0 Å². The van der Waals surface area contributed by atoms with Crippen LogP contribution in [0.1, 0.15) is 29.7 Å². The van der Waals surface area contributed by atoms with Crippen LogP contribution in [0.4, 0.5) is 8.78 Å². The Morgan fingerprint density at radius 2 is 1.43 bits per heavy atom. The maximum absolute atomic E-state index is 13.7. The molecule has 5 heteroatoms. The summed E-state index contributed by atoms with van der Waals surface area (Å²) in [6.07, 6.45) is 0. The zero-order valence-corrected chi connectivity index (χ0v) is 16.4. The molecule has 1 aliphatic rings.